The van der Waals surface area contributed by atoms with Gasteiger partial charge in [0.15, 0.2) is 0 Å². The van der Waals surface area contributed by atoms with Crippen LogP contribution in [-0.2, 0) is 0 Å². The van der Waals surface area contributed by atoms with Crippen molar-refractivity contribution in [1.82, 2.24) is 9.97 Å². The molecule has 102 valence electrons. The fraction of sp³-hybridized carbons (Fsp3) is 0.714. The molecule has 0 aliphatic carbocycles. The van der Waals surface area contributed by atoms with E-state index in [9.17, 15) is 0 Å². The third kappa shape index (κ3) is 4.23. The van der Waals surface area contributed by atoms with Crippen LogP contribution >= 0.6 is 15.9 Å². The monoisotopic (exact) mass is 313 g/mol. The van der Waals surface area contributed by atoms with Gasteiger partial charge in [0.25, 0.3) is 0 Å². The summed E-state index contributed by atoms with van der Waals surface area (Å²) in [4.78, 5) is 11.4. The summed E-state index contributed by atoms with van der Waals surface area (Å²) in [6.45, 7) is 13.0. The number of halogens is 1. The van der Waals surface area contributed by atoms with Crippen LogP contribution in [-0.4, -0.2) is 23.1 Å². The molecule has 1 aromatic heterocycles. The Hall–Kier alpha value is -0.640. The van der Waals surface area contributed by atoms with Gasteiger partial charge in [0.05, 0.1) is 0 Å². The maximum Gasteiger partial charge on any atom is 0.134 e. The van der Waals surface area contributed by atoms with E-state index < -0.39 is 0 Å². The molecule has 0 amide bonds. The number of hydrogen-bond acceptors (Lipinski definition) is 3. The first-order valence-electron chi connectivity index (χ1n) is 6.77. The molecule has 1 rings (SSSR count). The Morgan fingerprint density at radius 2 is 1.89 bits per heavy atom. The second kappa shape index (κ2) is 7.07. The van der Waals surface area contributed by atoms with E-state index in [4.69, 9.17) is 0 Å². The summed E-state index contributed by atoms with van der Waals surface area (Å²) < 4.78 is 0.874. The first-order chi connectivity index (χ1) is 8.47. The standard InChI is InChI=1S/C14H24BrN3/c1-6-11(5)9-18(7-2)13-8-12(15)16-14(17-13)10(3)4/h8,10-11H,6-7,9H2,1-5H3. The molecule has 3 nitrogen and oxygen atoms in total. The summed E-state index contributed by atoms with van der Waals surface area (Å²) in [6, 6.07) is 2.01. The Morgan fingerprint density at radius 3 is 2.39 bits per heavy atom. The van der Waals surface area contributed by atoms with Gasteiger partial charge in [0.1, 0.15) is 16.2 Å². The van der Waals surface area contributed by atoms with Crippen LogP contribution in [0.1, 0.15) is 52.8 Å². The summed E-state index contributed by atoms with van der Waals surface area (Å²) in [5.74, 6) is 2.97. The van der Waals surface area contributed by atoms with E-state index in [1.165, 1.54) is 6.42 Å². The smallest absolute Gasteiger partial charge is 0.134 e. The summed E-state index contributed by atoms with van der Waals surface area (Å²) in [6.07, 6.45) is 1.19. The molecule has 0 N–H and O–H groups in total. The Labute approximate surface area is 119 Å². The molecular weight excluding hydrogens is 290 g/mol. The summed E-state index contributed by atoms with van der Waals surface area (Å²) in [5, 5.41) is 0. The Kier molecular flexibility index (Phi) is 6.06. The van der Waals surface area contributed by atoms with Crippen LogP contribution in [0.15, 0.2) is 10.7 Å². The maximum absolute atomic E-state index is 4.68. The maximum atomic E-state index is 4.68. The number of hydrogen-bond donors (Lipinski definition) is 0. The Bertz CT molecular complexity index is 379. The molecule has 0 aliphatic heterocycles. The van der Waals surface area contributed by atoms with Crippen molar-refractivity contribution in [2.45, 2.75) is 47.0 Å². The minimum absolute atomic E-state index is 0.351. The lowest BCUT2D eigenvalue weighted by atomic mass is 10.1. The molecule has 1 aromatic rings. The lowest BCUT2D eigenvalue weighted by Gasteiger charge is -2.25. The third-order valence-electron chi connectivity index (χ3n) is 3.15. The molecule has 0 radical (unpaired) electrons. The van der Waals surface area contributed by atoms with Gasteiger partial charge in [-0.1, -0.05) is 34.1 Å². The SMILES string of the molecule is CCC(C)CN(CC)c1cc(Br)nc(C(C)C)n1. The van der Waals surface area contributed by atoms with E-state index in [2.05, 4.69) is 65.4 Å². The van der Waals surface area contributed by atoms with Crippen LogP contribution in [0.3, 0.4) is 0 Å². The molecule has 0 aromatic carbocycles. The van der Waals surface area contributed by atoms with Crippen molar-refractivity contribution in [1.29, 1.82) is 0 Å². The molecule has 18 heavy (non-hydrogen) atoms. The summed E-state index contributed by atoms with van der Waals surface area (Å²) in [7, 11) is 0. The van der Waals surface area contributed by atoms with Crippen molar-refractivity contribution in [3.63, 3.8) is 0 Å². The molecule has 1 unspecified atom stereocenters. The fourth-order valence-electron chi connectivity index (χ4n) is 1.73. The number of aromatic nitrogens is 2. The van der Waals surface area contributed by atoms with Crippen LogP contribution < -0.4 is 4.90 Å². The van der Waals surface area contributed by atoms with Crippen molar-refractivity contribution < 1.29 is 0 Å². The molecule has 0 fully saturated rings. The van der Waals surface area contributed by atoms with Crippen molar-refractivity contribution in [2.75, 3.05) is 18.0 Å². The highest BCUT2D eigenvalue weighted by atomic mass is 79.9. The van der Waals surface area contributed by atoms with Gasteiger partial charge < -0.3 is 4.90 Å². The summed E-state index contributed by atoms with van der Waals surface area (Å²) in [5.41, 5.74) is 0. The highest BCUT2D eigenvalue weighted by molar-refractivity contribution is 9.10. The largest absolute Gasteiger partial charge is 0.356 e. The van der Waals surface area contributed by atoms with Crippen molar-refractivity contribution >= 4 is 21.7 Å². The molecule has 1 atom stereocenters. The molecule has 0 aliphatic rings. The lowest BCUT2D eigenvalue weighted by molar-refractivity contribution is 0.544. The molecule has 0 bridgehead atoms. The van der Waals surface area contributed by atoms with Crippen molar-refractivity contribution in [3.05, 3.63) is 16.5 Å². The predicted molar refractivity (Wildman–Crippen MR) is 81.2 cm³/mol. The second-order valence-corrected chi connectivity index (χ2v) is 5.93. The average molecular weight is 314 g/mol. The van der Waals surface area contributed by atoms with Crippen LogP contribution in [0.5, 0.6) is 0 Å². The number of rotatable bonds is 6. The average Bonchev–Trinajstić information content (AvgIpc) is 2.34. The Balaban J connectivity index is 2.98. The van der Waals surface area contributed by atoms with E-state index in [0.29, 0.717) is 11.8 Å². The van der Waals surface area contributed by atoms with E-state index in [1.54, 1.807) is 0 Å². The van der Waals surface area contributed by atoms with E-state index >= 15 is 0 Å². The molecular formula is C14H24BrN3. The van der Waals surface area contributed by atoms with Crippen LogP contribution in [0.25, 0.3) is 0 Å². The van der Waals surface area contributed by atoms with Gasteiger partial charge in [-0.3, -0.25) is 0 Å². The van der Waals surface area contributed by atoms with Gasteiger partial charge in [-0.15, -0.1) is 0 Å². The van der Waals surface area contributed by atoms with Gasteiger partial charge in [0.2, 0.25) is 0 Å². The first-order valence-corrected chi connectivity index (χ1v) is 7.56. The molecule has 0 saturated heterocycles. The van der Waals surface area contributed by atoms with Gasteiger partial charge in [0, 0.05) is 25.1 Å². The first kappa shape index (κ1) is 15.4. The van der Waals surface area contributed by atoms with Crippen molar-refractivity contribution in [2.24, 2.45) is 5.92 Å². The zero-order valence-electron chi connectivity index (χ0n) is 12.1. The van der Waals surface area contributed by atoms with E-state index in [1.807, 2.05) is 6.07 Å². The van der Waals surface area contributed by atoms with Gasteiger partial charge in [-0.05, 0) is 28.8 Å². The minimum atomic E-state index is 0.351. The zero-order valence-corrected chi connectivity index (χ0v) is 13.7. The minimum Gasteiger partial charge on any atom is -0.356 e. The van der Waals surface area contributed by atoms with Crippen molar-refractivity contribution in [3.8, 4) is 0 Å². The third-order valence-corrected chi connectivity index (χ3v) is 3.56. The fourth-order valence-corrected chi connectivity index (χ4v) is 2.12. The highest BCUT2D eigenvalue weighted by Crippen LogP contribution is 2.21. The molecule has 4 heteroatoms. The molecule has 0 saturated carbocycles. The molecule has 0 spiro atoms. The Morgan fingerprint density at radius 1 is 1.22 bits per heavy atom. The second-order valence-electron chi connectivity index (χ2n) is 5.11. The number of nitrogens with zero attached hydrogens (tertiary/aromatic N) is 3. The van der Waals surface area contributed by atoms with Gasteiger partial charge in [-0.25, -0.2) is 9.97 Å². The van der Waals surface area contributed by atoms with Gasteiger partial charge >= 0.3 is 0 Å². The van der Waals surface area contributed by atoms with Crippen LogP contribution in [0, 0.1) is 5.92 Å². The number of anilines is 1. The lowest BCUT2D eigenvalue weighted by Crippen LogP contribution is -2.29. The van der Waals surface area contributed by atoms with Crippen LogP contribution in [0.4, 0.5) is 5.82 Å². The normalized spacial score (nSPS) is 12.8. The van der Waals surface area contributed by atoms with Crippen LogP contribution in [0.2, 0.25) is 0 Å². The molecule has 1 heterocycles. The topological polar surface area (TPSA) is 29.0 Å². The van der Waals surface area contributed by atoms with E-state index in [-0.39, 0.29) is 0 Å². The predicted octanol–water partition coefficient (Wildman–Crippen LogP) is 4.23. The quantitative estimate of drug-likeness (QED) is 0.736. The highest BCUT2D eigenvalue weighted by Gasteiger charge is 2.13. The van der Waals surface area contributed by atoms with Gasteiger partial charge in [-0.2, -0.15) is 0 Å². The van der Waals surface area contributed by atoms with E-state index in [0.717, 1.165) is 29.3 Å². The summed E-state index contributed by atoms with van der Waals surface area (Å²) >= 11 is 3.48. The zero-order chi connectivity index (χ0) is 13.7.